The van der Waals surface area contributed by atoms with Crippen LogP contribution >= 0.6 is 11.3 Å². The molecule has 2 heterocycles. The normalized spacial score (nSPS) is 11.0. The van der Waals surface area contributed by atoms with E-state index in [4.69, 9.17) is 0 Å². The van der Waals surface area contributed by atoms with E-state index in [1.807, 2.05) is 57.6 Å². The summed E-state index contributed by atoms with van der Waals surface area (Å²) in [4.78, 5) is 24.8. The molecule has 0 spiro atoms. The van der Waals surface area contributed by atoms with Crippen LogP contribution in [0.15, 0.2) is 29.8 Å². The van der Waals surface area contributed by atoms with Gasteiger partial charge in [-0.2, -0.15) is 0 Å². The Morgan fingerprint density at radius 3 is 2.71 bits per heavy atom. The number of rotatable bonds is 4. The number of benzene rings is 1. The summed E-state index contributed by atoms with van der Waals surface area (Å²) < 4.78 is 0. The fraction of sp³-hybridized carbons (Fsp3) is 0.316. The van der Waals surface area contributed by atoms with Crippen LogP contribution in [0.25, 0.3) is 10.9 Å². The van der Waals surface area contributed by atoms with E-state index in [0.29, 0.717) is 6.54 Å². The number of aromatic nitrogens is 2. The van der Waals surface area contributed by atoms with Gasteiger partial charge in [0, 0.05) is 36.0 Å². The van der Waals surface area contributed by atoms with Gasteiger partial charge in [0.2, 0.25) is 0 Å². The largest absolute Gasteiger partial charge is 0.341 e. The van der Waals surface area contributed by atoms with Crippen molar-refractivity contribution in [2.24, 2.45) is 0 Å². The molecule has 0 radical (unpaired) electrons. The first-order valence-electron chi connectivity index (χ1n) is 7.98. The molecule has 1 aromatic carbocycles. The molecule has 24 heavy (non-hydrogen) atoms. The summed E-state index contributed by atoms with van der Waals surface area (Å²) in [7, 11) is 1.86. The number of fused-ring (bicyclic) bond motifs is 1. The molecule has 1 amide bonds. The van der Waals surface area contributed by atoms with Crippen LogP contribution in [0, 0.1) is 20.8 Å². The summed E-state index contributed by atoms with van der Waals surface area (Å²) in [6.07, 6.45) is 0.833. The van der Waals surface area contributed by atoms with Crippen LogP contribution < -0.4 is 0 Å². The van der Waals surface area contributed by atoms with Gasteiger partial charge in [0.15, 0.2) is 0 Å². The second-order valence-electron chi connectivity index (χ2n) is 6.17. The Bertz CT molecular complexity index is 901. The summed E-state index contributed by atoms with van der Waals surface area (Å²) in [6.45, 7) is 6.65. The molecule has 0 bridgehead atoms. The number of hydrogen-bond acceptors (Lipinski definition) is 4. The number of nitrogens with zero attached hydrogens (tertiary/aromatic N) is 3. The zero-order valence-corrected chi connectivity index (χ0v) is 15.3. The number of pyridine rings is 1. The van der Waals surface area contributed by atoms with Crippen molar-refractivity contribution in [3.05, 3.63) is 57.2 Å². The van der Waals surface area contributed by atoms with Crippen molar-refractivity contribution >= 4 is 28.1 Å². The van der Waals surface area contributed by atoms with Gasteiger partial charge in [0.1, 0.15) is 0 Å². The van der Waals surface area contributed by atoms with Crippen LogP contribution in [0.3, 0.4) is 0 Å². The third-order valence-corrected chi connectivity index (χ3v) is 5.18. The molecule has 0 saturated heterocycles. The Morgan fingerprint density at radius 1 is 1.21 bits per heavy atom. The summed E-state index contributed by atoms with van der Waals surface area (Å²) in [6, 6.07) is 7.93. The molecule has 3 aromatic rings. The zero-order chi connectivity index (χ0) is 17.3. The van der Waals surface area contributed by atoms with E-state index in [0.717, 1.165) is 39.8 Å². The monoisotopic (exact) mass is 339 g/mol. The van der Waals surface area contributed by atoms with Crippen molar-refractivity contribution in [1.29, 1.82) is 0 Å². The highest BCUT2D eigenvalue weighted by atomic mass is 32.1. The number of likely N-dealkylation sites (N-methyl/N-ethyl adjacent to an activating group) is 1. The lowest BCUT2D eigenvalue weighted by Crippen LogP contribution is -2.29. The third-order valence-electron chi connectivity index (χ3n) is 4.19. The van der Waals surface area contributed by atoms with Crippen molar-refractivity contribution in [3.63, 3.8) is 0 Å². The van der Waals surface area contributed by atoms with Crippen molar-refractivity contribution in [1.82, 2.24) is 14.9 Å². The molecule has 124 valence electrons. The minimum Gasteiger partial charge on any atom is -0.341 e. The highest BCUT2D eigenvalue weighted by Gasteiger charge is 2.17. The van der Waals surface area contributed by atoms with E-state index < -0.39 is 0 Å². The molecule has 3 rings (SSSR count). The Labute approximate surface area is 146 Å². The number of carbonyl (C=O) groups is 1. The number of aryl methyl sites for hydroxylation is 3. The Kier molecular flexibility index (Phi) is 4.62. The molecule has 2 aromatic heterocycles. The van der Waals surface area contributed by atoms with E-state index in [-0.39, 0.29) is 5.91 Å². The fourth-order valence-electron chi connectivity index (χ4n) is 2.79. The first kappa shape index (κ1) is 16.6. The number of carbonyl (C=O) groups excluding carboxylic acids is 1. The first-order valence-corrected chi connectivity index (χ1v) is 8.86. The van der Waals surface area contributed by atoms with Gasteiger partial charge in [-0.1, -0.05) is 11.6 Å². The highest BCUT2D eigenvalue weighted by molar-refractivity contribution is 7.09. The summed E-state index contributed by atoms with van der Waals surface area (Å²) in [5.41, 5.74) is 6.50. The van der Waals surface area contributed by atoms with E-state index in [1.54, 1.807) is 16.2 Å². The topological polar surface area (TPSA) is 46.1 Å². The van der Waals surface area contributed by atoms with Crippen LogP contribution in [-0.4, -0.2) is 34.4 Å². The van der Waals surface area contributed by atoms with Gasteiger partial charge in [-0.15, -0.1) is 11.3 Å². The maximum atomic E-state index is 13.0. The average molecular weight is 339 g/mol. The number of thiazole rings is 1. The Hall–Kier alpha value is -2.27. The van der Waals surface area contributed by atoms with Gasteiger partial charge in [0.25, 0.3) is 5.91 Å². The van der Waals surface area contributed by atoms with Gasteiger partial charge >= 0.3 is 0 Å². The van der Waals surface area contributed by atoms with E-state index >= 15 is 0 Å². The van der Waals surface area contributed by atoms with E-state index in [9.17, 15) is 4.79 Å². The molecule has 0 aliphatic heterocycles. The maximum Gasteiger partial charge on any atom is 0.254 e. The van der Waals surface area contributed by atoms with Gasteiger partial charge in [0.05, 0.1) is 22.3 Å². The van der Waals surface area contributed by atoms with Gasteiger partial charge in [-0.25, -0.2) is 4.98 Å². The minimum atomic E-state index is 0.0401. The van der Waals surface area contributed by atoms with Crippen molar-refractivity contribution in [3.8, 4) is 0 Å². The quantitative estimate of drug-likeness (QED) is 0.723. The Morgan fingerprint density at radius 2 is 2.00 bits per heavy atom. The second kappa shape index (κ2) is 6.69. The number of amides is 1. The van der Waals surface area contributed by atoms with E-state index in [1.165, 1.54) is 4.88 Å². The SMILES string of the molecule is Cc1ccc2nc(C)cc(C(=O)N(C)CCc3scnc3C)c2c1. The molecular weight excluding hydrogens is 318 g/mol. The molecule has 0 atom stereocenters. The molecule has 0 aliphatic rings. The average Bonchev–Trinajstić information content (AvgIpc) is 2.96. The Balaban J connectivity index is 1.87. The third kappa shape index (κ3) is 3.31. The number of hydrogen-bond donors (Lipinski definition) is 0. The molecule has 4 nitrogen and oxygen atoms in total. The van der Waals surface area contributed by atoms with Crippen molar-refractivity contribution in [2.75, 3.05) is 13.6 Å². The maximum absolute atomic E-state index is 13.0. The molecule has 0 unspecified atom stereocenters. The molecule has 5 heteroatoms. The first-order chi connectivity index (χ1) is 11.5. The standard InChI is InChI=1S/C19H21N3OS/c1-12-5-6-17-15(9-12)16(10-13(2)21-17)19(23)22(4)8-7-18-14(3)20-11-24-18/h5-6,9-11H,7-8H2,1-4H3. The summed E-state index contributed by atoms with van der Waals surface area (Å²) in [5.74, 6) is 0.0401. The van der Waals surface area contributed by atoms with E-state index in [2.05, 4.69) is 9.97 Å². The van der Waals surface area contributed by atoms with Gasteiger partial charge in [-0.05, 0) is 39.0 Å². The van der Waals surface area contributed by atoms with Crippen molar-refractivity contribution < 1.29 is 4.79 Å². The smallest absolute Gasteiger partial charge is 0.254 e. The fourth-order valence-corrected chi connectivity index (χ4v) is 3.56. The molecule has 0 aliphatic carbocycles. The van der Waals surface area contributed by atoms with Gasteiger partial charge in [-0.3, -0.25) is 9.78 Å². The minimum absolute atomic E-state index is 0.0401. The lowest BCUT2D eigenvalue weighted by Gasteiger charge is -2.18. The van der Waals surface area contributed by atoms with Crippen LogP contribution in [0.4, 0.5) is 0 Å². The second-order valence-corrected chi connectivity index (χ2v) is 7.11. The predicted molar refractivity (Wildman–Crippen MR) is 98.7 cm³/mol. The molecule has 0 N–H and O–H groups in total. The van der Waals surface area contributed by atoms with Crippen LogP contribution in [-0.2, 0) is 6.42 Å². The summed E-state index contributed by atoms with van der Waals surface area (Å²) in [5, 5.41) is 0.923. The lowest BCUT2D eigenvalue weighted by atomic mass is 10.0. The van der Waals surface area contributed by atoms with Crippen LogP contribution in [0.5, 0.6) is 0 Å². The molecule has 0 fully saturated rings. The van der Waals surface area contributed by atoms with Crippen LogP contribution in [0.1, 0.15) is 32.2 Å². The van der Waals surface area contributed by atoms with Gasteiger partial charge < -0.3 is 4.90 Å². The predicted octanol–water partition coefficient (Wildman–Crippen LogP) is 3.93. The highest BCUT2D eigenvalue weighted by Crippen LogP contribution is 2.21. The summed E-state index contributed by atoms with van der Waals surface area (Å²) >= 11 is 1.65. The zero-order valence-electron chi connectivity index (χ0n) is 14.5. The van der Waals surface area contributed by atoms with Crippen molar-refractivity contribution in [2.45, 2.75) is 27.2 Å². The lowest BCUT2D eigenvalue weighted by molar-refractivity contribution is 0.0798. The van der Waals surface area contributed by atoms with Crippen LogP contribution in [0.2, 0.25) is 0 Å². The molecular formula is C19H21N3OS. The molecule has 0 saturated carbocycles.